The van der Waals surface area contributed by atoms with Crippen molar-refractivity contribution >= 4 is 11.6 Å². The maximum Gasteiger partial charge on any atom is 0.244 e. The van der Waals surface area contributed by atoms with Crippen molar-refractivity contribution in [2.45, 2.75) is 39.7 Å². The van der Waals surface area contributed by atoms with E-state index in [1.54, 1.807) is 4.68 Å². The molecule has 5 heteroatoms. The summed E-state index contributed by atoms with van der Waals surface area (Å²) in [5.74, 6) is 1.67. The van der Waals surface area contributed by atoms with Crippen molar-refractivity contribution < 1.29 is 4.79 Å². The third-order valence-electron chi connectivity index (χ3n) is 4.80. The van der Waals surface area contributed by atoms with Crippen LogP contribution in [-0.2, 0) is 11.3 Å². The number of nitrogens with two attached hydrogens (primary N) is 1. The number of hydrogen-bond acceptors (Lipinski definition) is 3. The van der Waals surface area contributed by atoms with Crippen molar-refractivity contribution in [3.8, 4) is 0 Å². The van der Waals surface area contributed by atoms with Crippen LogP contribution in [0.25, 0.3) is 0 Å². The Balaban J connectivity index is 1.67. The molecule has 2 fully saturated rings. The van der Waals surface area contributed by atoms with Gasteiger partial charge < -0.3 is 10.6 Å². The first-order chi connectivity index (χ1) is 9.06. The van der Waals surface area contributed by atoms with Gasteiger partial charge in [0.05, 0.1) is 17.1 Å². The van der Waals surface area contributed by atoms with Gasteiger partial charge in [-0.2, -0.15) is 5.10 Å². The number of aromatic nitrogens is 2. The highest BCUT2D eigenvalue weighted by atomic mass is 16.2. The fourth-order valence-corrected chi connectivity index (χ4v) is 3.53. The Labute approximate surface area is 113 Å². The number of amides is 1. The summed E-state index contributed by atoms with van der Waals surface area (Å²) in [6, 6.07) is 0. The molecule has 5 nitrogen and oxygen atoms in total. The van der Waals surface area contributed by atoms with Crippen LogP contribution in [0.1, 0.15) is 30.7 Å². The van der Waals surface area contributed by atoms with Crippen LogP contribution in [0.3, 0.4) is 0 Å². The molecule has 0 bridgehead atoms. The molecule has 104 valence electrons. The minimum absolute atomic E-state index is 0.181. The van der Waals surface area contributed by atoms with E-state index in [1.807, 2.05) is 18.7 Å². The summed E-state index contributed by atoms with van der Waals surface area (Å²) in [6.07, 6.45) is 3.92. The second-order valence-electron chi connectivity index (χ2n) is 5.99. The van der Waals surface area contributed by atoms with E-state index in [0.29, 0.717) is 12.2 Å². The molecular formula is C14H22N4O. The summed E-state index contributed by atoms with van der Waals surface area (Å²) < 4.78 is 1.74. The summed E-state index contributed by atoms with van der Waals surface area (Å²) in [5, 5.41) is 4.34. The van der Waals surface area contributed by atoms with Crippen molar-refractivity contribution in [1.29, 1.82) is 0 Å². The number of nitrogens with zero attached hydrogens (tertiary/aromatic N) is 3. The number of rotatable bonds is 2. The van der Waals surface area contributed by atoms with Crippen LogP contribution < -0.4 is 5.73 Å². The summed E-state index contributed by atoms with van der Waals surface area (Å²) in [6.45, 7) is 6.00. The Kier molecular flexibility index (Phi) is 2.99. The van der Waals surface area contributed by atoms with E-state index in [9.17, 15) is 4.79 Å². The van der Waals surface area contributed by atoms with Crippen LogP contribution in [0.2, 0.25) is 0 Å². The maximum atomic E-state index is 12.3. The van der Waals surface area contributed by atoms with Gasteiger partial charge in [-0.15, -0.1) is 0 Å². The van der Waals surface area contributed by atoms with Gasteiger partial charge in [-0.1, -0.05) is 6.42 Å². The van der Waals surface area contributed by atoms with Gasteiger partial charge in [-0.25, -0.2) is 0 Å². The number of nitrogen functional groups attached to an aromatic ring is 1. The predicted octanol–water partition coefficient (Wildman–Crippen LogP) is 1.34. The van der Waals surface area contributed by atoms with Crippen LogP contribution in [0.5, 0.6) is 0 Å². The third kappa shape index (κ3) is 2.11. The molecular weight excluding hydrogens is 240 g/mol. The molecule has 3 rings (SSSR count). The van der Waals surface area contributed by atoms with E-state index in [4.69, 9.17) is 5.73 Å². The molecule has 1 saturated carbocycles. The summed E-state index contributed by atoms with van der Waals surface area (Å²) in [5.41, 5.74) is 8.30. The highest BCUT2D eigenvalue weighted by molar-refractivity contribution is 5.76. The molecule has 0 radical (unpaired) electrons. The minimum atomic E-state index is 0.181. The molecule has 1 saturated heterocycles. The largest absolute Gasteiger partial charge is 0.396 e. The zero-order valence-electron chi connectivity index (χ0n) is 11.7. The van der Waals surface area contributed by atoms with E-state index in [2.05, 4.69) is 5.10 Å². The van der Waals surface area contributed by atoms with Crippen LogP contribution in [0.4, 0.5) is 5.69 Å². The van der Waals surface area contributed by atoms with Crippen LogP contribution in [0, 0.1) is 25.7 Å². The first-order valence-electron chi connectivity index (χ1n) is 7.13. The van der Waals surface area contributed by atoms with E-state index >= 15 is 0 Å². The second-order valence-corrected chi connectivity index (χ2v) is 5.99. The lowest BCUT2D eigenvalue weighted by atomic mass is 10.0. The van der Waals surface area contributed by atoms with Gasteiger partial charge in [0.2, 0.25) is 5.91 Å². The molecule has 0 spiro atoms. The highest BCUT2D eigenvalue weighted by Crippen LogP contribution is 2.37. The normalized spacial score (nSPS) is 25.9. The zero-order chi connectivity index (χ0) is 13.6. The van der Waals surface area contributed by atoms with E-state index in [0.717, 1.165) is 36.3 Å². The van der Waals surface area contributed by atoms with Gasteiger partial charge >= 0.3 is 0 Å². The molecule has 2 heterocycles. The average molecular weight is 262 g/mol. The summed E-state index contributed by atoms with van der Waals surface area (Å²) in [4.78, 5) is 14.4. The molecule has 2 aliphatic rings. The first-order valence-corrected chi connectivity index (χ1v) is 7.13. The third-order valence-corrected chi connectivity index (χ3v) is 4.80. The van der Waals surface area contributed by atoms with E-state index in [1.165, 1.54) is 19.3 Å². The number of anilines is 1. The lowest BCUT2D eigenvalue weighted by Gasteiger charge is -2.17. The van der Waals surface area contributed by atoms with Gasteiger partial charge in [0.15, 0.2) is 0 Å². The Bertz CT molecular complexity index is 496. The van der Waals surface area contributed by atoms with Gasteiger partial charge in [-0.3, -0.25) is 9.48 Å². The molecule has 2 unspecified atom stereocenters. The molecule has 1 aliphatic heterocycles. The van der Waals surface area contributed by atoms with Crippen LogP contribution in [-0.4, -0.2) is 33.7 Å². The van der Waals surface area contributed by atoms with Gasteiger partial charge in [-0.05, 0) is 38.5 Å². The number of fused-ring (bicyclic) bond motifs is 1. The van der Waals surface area contributed by atoms with Crippen molar-refractivity contribution in [3.05, 3.63) is 11.4 Å². The minimum Gasteiger partial charge on any atom is -0.396 e. The van der Waals surface area contributed by atoms with Crippen molar-refractivity contribution in [1.82, 2.24) is 14.7 Å². The Morgan fingerprint density at radius 1 is 1.32 bits per heavy atom. The summed E-state index contributed by atoms with van der Waals surface area (Å²) in [7, 11) is 0. The smallest absolute Gasteiger partial charge is 0.244 e. The fourth-order valence-electron chi connectivity index (χ4n) is 3.53. The lowest BCUT2D eigenvalue weighted by Crippen LogP contribution is -2.33. The Hall–Kier alpha value is -1.52. The molecule has 1 aromatic heterocycles. The molecule has 2 atom stereocenters. The Morgan fingerprint density at radius 3 is 2.47 bits per heavy atom. The maximum absolute atomic E-state index is 12.3. The number of carbonyl (C=O) groups excluding carboxylic acids is 1. The molecule has 1 amide bonds. The molecule has 2 N–H and O–H groups in total. The Morgan fingerprint density at radius 2 is 1.95 bits per heavy atom. The zero-order valence-corrected chi connectivity index (χ0v) is 11.7. The predicted molar refractivity (Wildman–Crippen MR) is 73.5 cm³/mol. The molecule has 1 aromatic rings. The first kappa shape index (κ1) is 12.5. The topological polar surface area (TPSA) is 64.2 Å². The average Bonchev–Trinajstić information content (AvgIpc) is 3.00. The number of carbonyl (C=O) groups is 1. The second kappa shape index (κ2) is 4.54. The van der Waals surface area contributed by atoms with Gasteiger partial charge in [0, 0.05) is 13.1 Å². The summed E-state index contributed by atoms with van der Waals surface area (Å²) >= 11 is 0. The van der Waals surface area contributed by atoms with E-state index < -0.39 is 0 Å². The number of likely N-dealkylation sites (tertiary alicyclic amines) is 1. The van der Waals surface area contributed by atoms with Crippen molar-refractivity contribution in [3.63, 3.8) is 0 Å². The van der Waals surface area contributed by atoms with Crippen molar-refractivity contribution in [2.24, 2.45) is 11.8 Å². The lowest BCUT2D eigenvalue weighted by molar-refractivity contribution is -0.131. The van der Waals surface area contributed by atoms with Crippen LogP contribution >= 0.6 is 0 Å². The number of hydrogen-bond donors (Lipinski definition) is 1. The number of aryl methyl sites for hydroxylation is 1. The fraction of sp³-hybridized carbons (Fsp3) is 0.714. The van der Waals surface area contributed by atoms with Gasteiger partial charge in [0.1, 0.15) is 6.54 Å². The van der Waals surface area contributed by atoms with E-state index in [-0.39, 0.29) is 5.91 Å². The molecule has 0 aromatic carbocycles. The quantitative estimate of drug-likeness (QED) is 0.874. The highest BCUT2D eigenvalue weighted by Gasteiger charge is 2.37. The monoisotopic (exact) mass is 262 g/mol. The standard InChI is InChI=1S/C14H22N4O/c1-9-14(15)10(2)18(16-9)8-13(19)17-6-11-4-3-5-12(11)7-17/h11-12H,3-8,15H2,1-2H3. The van der Waals surface area contributed by atoms with Gasteiger partial charge in [0.25, 0.3) is 0 Å². The van der Waals surface area contributed by atoms with Crippen LogP contribution in [0.15, 0.2) is 0 Å². The van der Waals surface area contributed by atoms with Crippen molar-refractivity contribution in [2.75, 3.05) is 18.8 Å². The SMILES string of the molecule is Cc1nn(CC(=O)N2CC3CCCC3C2)c(C)c1N. The molecule has 19 heavy (non-hydrogen) atoms. The molecule has 1 aliphatic carbocycles.